The summed E-state index contributed by atoms with van der Waals surface area (Å²) in [6, 6.07) is 3.00. The largest absolute Gasteiger partial charge is 0.507 e. The first-order valence-corrected chi connectivity index (χ1v) is 9.97. The number of aromatic hydroxyl groups is 1. The van der Waals surface area contributed by atoms with Gasteiger partial charge in [-0.15, -0.1) is 0 Å². The first-order valence-electron chi connectivity index (χ1n) is 9.97. The summed E-state index contributed by atoms with van der Waals surface area (Å²) in [6.45, 7) is 1.40. The number of nitrogens with zero attached hydrogens (tertiary/aromatic N) is 1. The van der Waals surface area contributed by atoms with Gasteiger partial charge in [0.15, 0.2) is 17.3 Å². The van der Waals surface area contributed by atoms with E-state index in [2.05, 4.69) is 0 Å². The number of fused-ring (bicyclic) bond motifs is 3. The Bertz CT molecular complexity index is 1140. The predicted molar refractivity (Wildman–Crippen MR) is 110 cm³/mol. The minimum absolute atomic E-state index is 0.164. The Morgan fingerprint density at radius 3 is 2.31 bits per heavy atom. The zero-order chi connectivity index (χ0) is 23.9. The Morgan fingerprint density at radius 1 is 1.12 bits per heavy atom. The summed E-state index contributed by atoms with van der Waals surface area (Å²) in [5.74, 6) is -8.00. The first-order chi connectivity index (χ1) is 14.8. The monoisotopic (exact) mass is 444 g/mol. The molecule has 0 spiro atoms. The molecule has 10 heteroatoms. The molecule has 2 saturated carbocycles. The highest BCUT2D eigenvalue weighted by atomic mass is 16.3. The maximum Gasteiger partial charge on any atom is 0.211 e. The van der Waals surface area contributed by atoms with E-state index in [0.717, 1.165) is 0 Å². The smallest absolute Gasteiger partial charge is 0.211 e. The normalized spacial score (nSPS) is 36.1. The fourth-order valence-electron chi connectivity index (χ4n) is 5.49. The van der Waals surface area contributed by atoms with Crippen molar-refractivity contribution in [1.29, 1.82) is 0 Å². The third-order valence-electron chi connectivity index (χ3n) is 7.01. The molecule has 0 amide bonds. The molecule has 10 nitrogen and oxygen atoms in total. The van der Waals surface area contributed by atoms with Crippen molar-refractivity contribution in [1.82, 2.24) is 4.90 Å². The summed E-state index contributed by atoms with van der Waals surface area (Å²) in [5.41, 5.74) is -0.589. The van der Waals surface area contributed by atoms with Crippen molar-refractivity contribution in [3.63, 3.8) is 0 Å². The van der Waals surface area contributed by atoms with Gasteiger partial charge >= 0.3 is 0 Å². The summed E-state index contributed by atoms with van der Waals surface area (Å²) in [6.07, 6.45) is -0.220. The standard InChI is InChI=1S/C22H24N2O8/c1-21(31)8-5-4-6-11(25)12(8)16(26)13-9(21)7-10-15(24(2)3)17(27)14(20(23)30)19(29)22(10,32)18(13)28/h4-6,9-10,15,25-26,30-32H,7,23H2,1-3H3/b20-14-/t9?,10-,15-,21+,22-/m0/s1. The molecule has 0 aromatic heterocycles. The number of Topliss-reactive ketones (excluding diaryl/α,β-unsaturated/α-hetero) is 3. The molecule has 1 unspecified atom stereocenters. The third kappa shape index (κ3) is 2.48. The summed E-state index contributed by atoms with van der Waals surface area (Å²) in [5, 5.41) is 53.9. The van der Waals surface area contributed by atoms with Gasteiger partial charge in [-0.05, 0) is 39.1 Å². The van der Waals surface area contributed by atoms with E-state index in [4.69, 9.17) is 5.73 Å². The van der Waals surface area contributed by atoms with E-state index in [1.54, 1.807) is 0 Å². The van der Waals surface area contributed by atoms with E-state index in [9.17, 15) is 39.9 Å². The quantitative estimate of drug-likeness (QED) is 0.145. The topological polar surface area (TPSA) is 182 Å². The van der Waals surface area contributed by atoms with E-state index in [0.29, 0.717) is 0 Å². The second-order valence-electron chi connectivity index (χ2n) is 8.96. The molecule has 4 rings (SSSR count). The molecule has 2 fully saturated rings. The minimum atomic E-state index is -2.82. The lowest BCUT2D eigenvalue weighted by atomic mass is 9.53. The Kier molecular flexibility index (Phi) is 4.57. The molecule has 170 valence electrons. The zero-order valence-electron chi connectivity index (χ0n) is 17.7. The molecule has 7 N–H and O–H groups in total. The molecule has 32 heavy (non-hydrogen) atoms. The van der Waals surface area contributed by atoms with Crippen molar-refractivity contribution in [2.75, 3.05) is 14.1 Å². The maximum absolute atomic E-state index is 13.6. The van der Waals surface area contributed by atoms with Crippen molar-refractivity contribution in [3.8, 4) is 5.75 Å². The fraction of sp³-hybridized carbons (Fsp3) is 0.409. The van der Waals surface area contributed by atoms with Gasteiger partial charge in [0, 0.05) is 17.4 Å². The van der Waals surface area contributed by atoms with E-state index < -0.39 is 75.0 Å². The zero-order valence-corrected chi connectivity index (χ0v) is 17.7. The Labute approximate surface area is 182 Å². The number of phenols is 1. The molecule has 5 atom stereocenters. The first kappa shape index (κ1) is 22.0. The minimum Gasteiger partial charge on any atom is -0.507 e. The van der Waals surface area contributed by atoms with Crippen LogP contribution in [0, 0.1) is 11.8 Å². The molecule has 0 radical (unpaired) electrons. The van der Waals surface area contributed by atoms with Crippen molar-refractivity contribution < 1.29 is 39.9 Å². The summed E-state index contributed by atoms with van der Waals surface area (Å²) >= 11 is 0. The molecule has 3 aliphatic rings. The second-order valence-corrected chi connectivity index (χ2v) is 8.96. The molecule has 3 aliphatic carbocycles. The van der Waals surface area contributed by atoms with Crippen LogP contribution in [-0.4, -0.2) is 73.5 Å². The van der Waals surface area contributed by atoms with Gasteiger partial charge in [0.25, 0.3) is 0 Å². The van der Waals surface area contributed by atoms with Crippen LogP contribution in [0.3, 0.4) is 0 Å². The highest BCUT2D eigenvalue weighted by molar-refractivity contribution is 6.35. The van der Waals surface area contributed by atoms with Crippen LogP contribution < -0.4 is 5.73 Å². The molecule has 0 aliphatic heterocycles. The Hall–Kier alpha value is -3.21. The van der Waals surface area contributed by atoms with Gasteiger partial charge in [-0.2, -0.15) is 0 Å². The van der Waals surface area contributed by atoms with E-state index in [-0.39, 0.29) is 17.5 Å². The molecule has 0 bridgehead atoms. The third-order valence-corrected chi connectivity index (χ3v) is 7.01. The molecular formula is C22H24N2O8. The van der Waals surface area contributed by atoms with Crippen LogP contribution in [0.2, 0.25) is 0 Å². The van der Waals surface area contributed by atoms with Crippen molar-refractivity contribution in [3.05, 3.63) is 46.4 Å². The van der Waals surface area contributed by atoms with E-state index in [1.165, 1.54) is 44.1 Å². The Morgan fingerprint density at radius 2 is 1.75 bits per heavy atom. The highest BCUT2D eigenvalue weighted by Gasteiger charge is 2.68. The summed E-state index contributed by atoms with van der Waals surface area (Å²) < 4.78 is 0. The van der Waals surface area contributed by atoms with Crippen LogP contribution in [0.25, 0.3) is 5.76 Å². The van der Waals surface area contributed by atoms with Gasteiger partial charge in [0.1, 0.15) is 17.1 Å². The van der Waals surface area contributed by atoms with Crippen molar-refractivity contribution >= 4 is 23.1 Å². The highest BCUT2D eigenvalue weighted by Crippen LogP contribution is 2.56. The lowest BCUT2D eigenvalue weighted by Crippen LogP contribution is -2.70. The summed E-state index contributed by atoms with van der Waals surface area (Å²) in [7, 11) is 3.01. The molecular weight excluding hydrogens is 420 g/mol. The Balaban J connectivity index is 2.03. The average molecular weight is 444 g/mol. The number of carbonyl (C=O) groups excluding carboxylic acids is 3. The lowest BCUT2D eigenvalue weighted by Gasteiger charge is -2.53. The lowest BCUT2D eigenvalue weighted by molar-refractivity contribution is -0.169. The number of aliphatic hydroxyl groups excluding tert-OH is 2. The molecule has 0 saturated heterocycles. The van der Waals surface area contributed by atoms with Crippen LogP contribution in [0.1, 0.15) is 24.5 Å². The number of nitrogens with two attached hydrogens (primary N) is 1. The van der Waals surface area contributed by atoms with E-state index >= 15 is 0 Å². The summed E-state index contributed by atoms with van der Waals surface area (Å²) in [4.78, 5) is 41.2. The number of carbonyl (C=O) groups is 3. The van der Waals surface area contributed by atoms with Gasteiger partial charge in [-0.25, -0.2) is 0 Å². The molecule has 0 heterocycles. The van der Waals surface area contributed by atoms with E-state index in [1.807, 2.05) is 0 Å². The van der Waals surface area contributed by atoms with Gasteiger partial charge in [-0.3, -0.25) is 19.3 Å². The maximum atomic E-state index is 13.6. The van der Waals surface area contributed by atoms with Gasteiger partial charge in [0.05, 0.1) is 17.2 Å². The number of rotatable bonds is 1. The number of hydrogen-bond donors (Lipinski definition) is 6. The van der Waals surface area contributed by atoms with Crippen LogP contribution >= 0.6 is 0 Å². The number of phenolic OH excluding ortho intramolecular Hbond substituents is 1. The van der Waals surface area contributed by atoms with Crippen molar-refractivity contribution in [2.45, 2.75) is 30.6 Å². The molecule has 1 aromatic rings. The van der Waals surface area contributed by atoms with Crippen LogP contribution in [0.4, 0.5) is 0 Å². The average Bonchev–Trinajstić information content (AvgIpc) is 2.68. The van der Waals surface area contributed by atoms with Crippen molar-refractivity contribution in [2.24, 2.45) is 17.6 Å². The fourth-order valence-corrected chi connectivity index (χ4v) is 5.49. The van der Waals surface area contributed by atoms with Crippen LogP contribution in [0.5, 0.6) is 5.75 Å². The molecule has 1 aromatic carbocycles. The second kappa shape index (κ2) is 6.64. The SMILES string of the molecule is CN(C)[C@@H]1C(=O)/C(=C(\N)O)C(=O)[C@@]2(O)C(=O)C3=C(O)c4c(O)cccc4[C@@](C)(O)C3C[C@@H]12. The number of likely N-dealkylation sites (N-methyl/N-ethyl adjacent to an activating group) is 1. The number of ketones is 3. The van der Waals surface area contributed by atoms with Crippen LogP contribution in [0.15, 0.2) is 35.2 Å². The number of benzene rings is 1. The van der Waals surface area contributed by atoms with Crippen LogP contribution in [-0.2, 0) is 20.0 Å². The number of aliphatic hydroxyl groups is 4. The van der Waals surface area contributed by atoms with Gasteiger partial charge in [0.2, 0.25) is 11.6 Å². The number of hydrogen-bond acceptors (Lipinski definition) is 10. The van der Waals surface area contributed by atoms with Gasteiger partial charge < -0.3 is 31.3 Å². The predicted octanol–water partition coefficient (Wildman–Crippen LogP) is -0.371. The van der Waals surface area contributed by atoms with Gasteiger partial charge in [-0.1, -0.05) is 12.1 Å².